The third-order valence-electron chi connectivity index (χ3n) is 14.4. The van der Waals surface area contributed by atoms with E-state index in [1.807, 2.05) is 0 Å². The molecule has 0 aliphatic rings. The molecule has 0 amide bonds. The maximum Gasteiger partial charge on any atom is 0.472 e. The van der Waals surface area contributed by atoms with Gasteiger partial charge in [-0.3, -0.25) is 18.6 Å². The molecule has 0 aromatic rings. The Bertz CT molecular complexity index is 1710. The number of carbonyl (C=O) groups is 2. The first kappa shape index (κ1) is 78.7. The molecule has 2 atom stereocenters. The molecule has 0 aromatic heterocycles. The lowest BCUT2D eigenvalue weighted by atomic mass is 10.0. The third-order valence-corrected chi connectivity index (χ3v) is 15.4. The monoisotopic (exact) mass is 1160 g/mol. The summed E-state index contributed by atoms with van der Waals surface area (Å²) >= 11 is 0. The van der Waals surface area contributed by atoms with Crippen LogP contribution in [0.3, 0.4) is 0 Å². The molecule has 2 unspecified atom stereocenters. The van der Waals surface area contributed by atoms with Crippen molar-refractivity contribution in [2.24, 2.45) is 5.73 Å². The molecular formula is C72H126NO8P. The zero-order valence-corrected chi connectivity index (χ0v) is 53.8. The van der Waals surface area contributed by atoms with Gasteiger partial charge in [0.15, 0.2) is 6.10 Å². The number of unbranched alkanes of at least 4 members (excludes halogenated alkanes) is 32. The molecule has 0 fully saturated rings. The van der Waals surface area contributed by atoms with E-state index in [2.05, 4.69) is 123 Å². The molecule has 0 saturated carbocycles. The molecule has 0 aromatic carbocycles. The van der Waals surface area contributed by atoms with E-state index in [0.717, 1.165) is 96.3 Å². The van der Waals surface area contributed by atoms with Crippen LogP contribution in [0, 0.1) is 0 Å². The van der Waals surface area contributed by atoms with Gasteiger partial charge in [-0.25, -0.2) is 4.57 Å². The number of allylic oxidation sites excluding steroid dienone is 18. The highest BCUT2D eigenvalue weighted by Gasteiger charge is 2.26. The average molecular weight is 1160 g/mol. The van der Waals surface area contributed by atoms with Crippen molar-refractivity contribution >= 4 is 19.8 Å². The molecule has 3 N–H and O–H groups in total. The molecule has 9 nitrogen and oxygen atoms in total. The van der Waals surface area contributed by atoms with Crippen LogP contribution < -0.4 is 5.73 Å². The van der Waals surface area contributed by atoms with E-state index in [4.69, 9.17) is 24.3 Å². The van der Waals surface area contributed by atoms with Gasteiger partial charge in [-0.15, -0.1) is 0 Å². The largest absolute Gasteiger partial charge is 0.472 e. The fraction of sp³-hybridized carbons (Fsp3) is 0.722. The lowest BCUT2D eigenvalue weighted by molar-refractivity contribution is -0.161. The van der Waals surface area contributed by atoms with E-state index >= 15 is 0 Å². The Morgan fingerprint density at radius 1 is 0.378 bits per heavy atom. The van der Waals surface area contributed by atoms with Gasteiger partial charge in [0.2, 0.25) is 0 Å². The maximum atomic E-state index is 12.7. The summed E-state index contributed by atoms with van der Waals surface area (Å²) in [4.78, 5) is 35.3. The zero-order valence-electron chi connectivity index (χ0n) is 52.9. The van der Waals surface area contributed by atoms with Gasteiger partial charge in [-0.05, 0) is 83.5 Å². The van der Waals surface area contributed by atoms with E-state index in [-0.39, 0.29) is 38.6 Å². The molecule has 472 valence electrons. The molecule has 82 heavy (non-hydrogen) atoms. The van der Waals surface area contributed by atoms with Crippen molar-refractivity contribution in [2.75, 3.05) is 26.4 Å². The van der Waals surface area contributed by atoms with Gasteiger partial charge in [0.1, 0.15) is 6.61 Å². The number of nitrogens with two attached hydrogens (primary N) is 1. The van der Waals surface area contributed by atoms with Crippen LogP contribution in [-0.4, -0.2) is 49.3 Å². The van der Waals surface area contributed by atoms with Gasteiger partial charge >= 0.3 is 19.8 Å². The number of hydrogen-bond acceptors (Lipinski definition) is 8. The number of esters is 2. The van der Waals surface area contributed by atoms with Gasteiger partial charge < -0.3 is 20.1 Å². The first-order chi connectivity index (χ1) is 40.3. The Labute approximate surface area is 505 Å². The highest BCUT2D eigenvalue weighted by Crippen LogP contribution is 2.43. The van der Waals surface area contributed by atoms with Gasteiger partial charge in [-0.2, -0.15) is 0 Å². The Balaban J connectivity index is 3.89. The van der Waals surface area contributed by atoms with Crippen molar-refractivity contribution in [2.45, 2.75) is 309 Å². The van der Waals surface area contributed by atoms with E-state index in [1.165, 1.54) is 173 Å². The fourth-order valence-electron chi connectivity index (χ4n) is 9.45. The second-order valence-electron chi connectivity index (χ2n) is 22.3. The molecule has 0 rings (SSSR count). The third kappa shape index (κ3) is 65.8. The van der Waals surface area contributed by atoms with Crippen LogP contribution in [0.1, 0.15) is 303 Å². The molecule has 0 heterocycles. The van der Waals surface area contributed by atoms with Gasteiger partial charge in [0.25, 0.3) is 0 Å². The average Bonchev–Trinajstić information content (AvgIpc) is 3.47. The summed E-state index contributed by atoms with van der Waals surface area (Å²) < 4.78 is 33.1. The van der Waals surface area contributed by atoms with Gasteiger partial charge in [-0.1, -0.05) is 316 Å². The summed E-state index contributed by atoms with van der Waals surface area (Å²) in [5.74, 6) is -0.820. The predicted octanol–water partition coefficient (Wildman–Crippen LogP) is 22.1. The van der Waals surface area contributed by atoms with Crippen molar-refractivity contribution in [1.82, 2.24) is 0 Å². The minimum atomic E-state index is -4.39. The van der Waals surface area contributed by atoms with Crippen molar-refractivity contribution in [3.63, 3.8) is 0 Å². The smallest absolute Gasteiger partial charge is 0.462 e. The highest BCUT2D eigenvalue weighted by molar-refractivity contribution is 7.47. The van der Waals surface area contributed by atoms with E-state index in [9.17, 15) is 19.0 Å². The number of rotatable bonds is 63. The molecule has 0 radical (unpaired) electrons. The van der Waals surface area contributed by atoms with Crippen LogP contribution in [-0.2, 0) is 32.7 Å². The molecule has 0 bridgehead atoms. The minimum absolute atomic E-state index is 0.0514. The quantitative estimate of drug-likeness (QED) is 0.0264. The summed E-state index contributed by atoms with van der Waals surface area (Å²) in [5.41, 5.74) is 5.39. The number of carbonyl (C=O) groups excluding carboxylic acids is 2. The number of phosphoric acid groups is 1. The van der Waals surface area contributed by atoms with Crippen LogP contribution in [0.15, 0.2) is 109 Å². The Kier molecular flexibility index (Phi) is 64.1. The summed E-state index contributed by atoms with van der Waals surface area (Å²) in [7, 11) is -4.39. The van der Waals surface area contributed by atoms with Crippen molar-refractivity contribution in [3.05, 3.63) is 109 Å². The summed E-state index contributed by atoms with van der Waals surface area (Å²) in [5, 5.41) is 0. The fourth-order valence-corrected chi connectivity index (χ4v) is 10.2. The second kappa shape index (κ2) is 66.8. The van der Waals surface area contributed by atoms with Crippen LogP contribution in [0.2, 0.25) is 0 Å². The summed E-state index contributed by atoms with van der Waals surface area (Å²) in [6.45, 7) is 3.66. The normalized spacial score (nSPS) is 13.7. The van der Waals surface area contributed by atoms with E-state index in [0.29, 0.717) is 6.42 Å². The van der Waals surface area contributed by atoms with Crippen molar-refractivity contribution in [1.29, 1.82) is 0 Å². The van der Waals surface area contributed by atoms with Crippen LogP contribution >= 0.6 is 7.82 Å². The number of hydrogen-bond donors (Lipinski definition) is 2. The number of phosphoric ester groups is 1. The Hall–Kier alpha value is -3.33. The van der Waals surface area contributed by atoms with Crippen LogP contribution in [0.5, 0.6) is 0 Å². The lowest BCUT2D eigenvalue weighted by Gasteiger charge is -2.19. The molecular weight excluding hydrogens is 1040 g/mol. The second-order valence-corrected chi connectivity index (χ2v) is 23.8. The van der Waals surface area contributed by atoms with E-state index < -0.39 is 26.5 Å². The molecule has 0 aliphatic carbocycles. The van der Waals surface area contributed by atoms with Crippen molar-refractivity contribution in [3.8, 4) is 0 Å². The lowest BCUT2D eigenvalue weighted by Crippen LogP contribution is -2.29. The Morgan fingerprint density at radius 3 is 1.00 bits per heavy atom. The Morgan fingerprint density at radius 2 is 0.671 bits per heavy atom. The maximum absolute atomic E-state index is 12.7. The van der Waals surface area contributed by atoms with Gasteiger partial charge in [0.05, 0.1) is 13.2 Å². The predicted molar refractivity (Wildman–Crippen MR) is 353 cm³/mol. The first-order valence-electron chi connectivity index (χ1n) is 33.9. The van der Waals surface area contributed by atoms with Gasteiger partial charge in [0, 0.05) is 19.4 Å². The molecule has 0 spiro atoms. The topological polar surface area (TPSA) is 134 Å². The summed E-state index contributed by atoms with van der Waals surface area (Å²) in [6.07, 6.45) is 91.7. The van der Waals surface area contributed by atoms with E-state index in [1.54, 1.807) is 0 Å². The van der Waals surface area contributed by atoms with Crippen LogP contribution in [0.4, 0.5) is 0 Å². The highest BCUT2D eigenvalue weighted by atomic mass is 31.2. The minimum Gasteiger partial charge on any atom is -0.462 e. The number of ether oxygens (including phenoxy) is 2. The standard InChI is InChI=1S/C72H126NO8P/c1-3-5-7-9-11-13-15-17-19-21-23-25-26-27-28-29-30-31-32-33-34-35-36-37-38-39-40-41-42-43-44-45-47-49-51-53-55-57-59-61-63-65-72(75)81-70(69-80-82(76,77)79-67-66-73)68-78-71(74)64-62-60-58-56-54-52-50-48-46-24-22-20-18-16-14-12-10-8-6-4-2/h5,7,11,13,17,19,23,25,27-28,30-31,33-34,36-37,39-40,70H,3-4,6,8-10,12,14-16,18,20-22,24,26,29,32,35,38,41-69,73H2,1-2H3,(H,76,77)/b7-5-,13-11-,19-17-,25-23-,28-27-,31-30-,34-33-,37-36-,40-39-. The zero-order chi connectivity index (χ0) is 59.4. The molecule has 0 saturated heterocycles. The molecule has 10 heteroatoms. The van der Waals surface area contributed by atoms with Crippen molar-refractivity contribution < 1.29 is 37.6 Å². The molecule has 0 aliphatic heterocycles. The van der Waals surface area contributed by atoms with Crippen LogP contribution in [0.25, 0.3) is 0 Å². The summed E-state index contributed by atoms with van der Waals surface area (Å²) in [6, 6.07) is 0. The SMILES string of the molecule is CC/C=C\C/C=C\C/C=C\C/C=C\C/C=C\C/C=C\C/C=C\C/C=C\C/C=C\CCCCCCCCCCCCCCCC(=O)OC(COC(=O)CCCCCCCCCCCCCCCCCCCCCC)COP(=O)(O)OCCN. The first-order valence-corrected chi connectivity index (χ1v) is 35.4.